The van der Waals surface area contributed by atoms with Gasteiger partial charge >= 0.3 is 5.97 Å². The predicted octanol–water partition coefficient (Wildman–Crippen LogP) is 9.82. The van der Waals surface area contributed by atoms with Crippen LogP contribution in [0, 0.1) is 19.7 Å². The van der Waals surface area contributed by atoms with Gasteiger partial charge in [-0.15, -0.1) is 11.3 Å². The number of aromatic nitrogens is 4. The smallest absolute Gasteiger partial charge is 0.345 e. The maximum absolute atomic E-state index is 14.3. The van der Waals surface area contributed by atoms with Gasteiger partial charge < -0.3 is 29.0 Å². The molecule has 6 aromatic rings. The molecule has 12 nitrogen and oxygen atoms in total. The number of rotatable bonds is 8. The summed E-state index contributed by atoms with van der Waals surface area (Å²) in [4.78, 5) is 37.4. The van der Waals surface area contributed by atoms with Gasteiger partial charge in [0.25, 0.3) is 0 Å². The Morgan fingerprint density at radius 1 is 0.985 bits per heavy atom. The molecule has 4 bridgehead atoms. The van der Waals surface area contributed by atoms with E-state index in [-0.39, 0.29) is 25.5 Å². The standard InChI is InChI=1S/C48H46Cl2F2N6O6S/c1-26-38-27(2)42(50)43(41(26)49)63-35(22-58-18-16-57(3)17-19-58)24-61-34-12-13-36(62-23-33-14-15-53-45(56-33)29-6-10-32(52)11-7-29)30(20-34)21-37(48(59)60)64-46-40-39(38)44(65-47(40)55-25-54-46)28-4-8-31(51)9-5-28/h4-6,8-9,12-15,20,25,32,35,37H,7,10-11,16-19,21-24H2,1-3H3,(H,59,60). The van der Waals surface area contributed by atoms with Crippen LogP contribution in [0.15, 0.2) is 67.1 Å². The van der Waals surface area contributed by atoms with E-state index in [0.29, 0.717) is 113 Å². The van der Waals surface area contributed by atoms with Crippen molar-refractivity contribution in [2.24, 2.45) is 0 Å². The normalized spacial score (nSPS) is 19.5. The molecule has 0 saturated carbocycles. The van der Waals surface area contributed by atoms with E-state index in [0.717, 1.165) is 31.8 Å². The SMILES string of the molecule is Cc1c(Cl)c2c(Cl)c(C)c1-c1c(-c3ccc(F)cc3)sc3ncnc(c13)OC(C(=O)O)Cc1cc(ccc1OCc1ccnc(C3=CCC(F)CC3)n1)OCC(CN1CCN(C)CC1)O2. The van der Waals surface area contributed by atoms with E-state index < -0.39 is 30.2 Å². The predicted molar refractivity (Wildman–Crippen MR) is 247 cm³/mol. The number of alkyl halides is 1. The lowest BCUT2D eigenvalue weighted by Crippen LogP contribution is -2.49. The zero-order chi connectivity index (χ0) is 45.4. The average Bonchev–Trinajstić information content (AvgIpc) is 3.69. The highest BCUT2D eigenvalue weighted by Crippen LogP contribution is 2.53. The van der Waals surface area contributed by atoms with Gasteiger partial charge in [0.2, 0.25) is 12.0 Å². The Balaban J connectivity index is 1.16. The summed E-state index contributed by atoms with van der Waals surface area (Å²) in [7, 11) is 2.10. The van der Waals surface area contributed by atoms with Crippen molar-refractivity contribution in [1.82, 2.24) is 29.7 Å². The lowest BCUT2D eigenvalue weighted by molar-refractivity contribution is -0.145. The Labute approximate surface area is 388 Å². The van der Waals surface area contributed by atoms with Gasteiger partial charge in [-0.2, -0.15) is 0 Å². The number of carbonyl (C=O) groups is 1. The molecule has 65 heavy (non-hydrogen) atoms. The Kier molecular flexibility index (Phi) is 13.2. The van der Waals surface area contributed by atoms with Crippen LogP contribution in [0.4, 0.5) is 8.78 Å². The Hall–Kier alpha value is -5.45. The molecule has 0 radical (unpaired) electrons. The number of likely N-dealkylation sites (N-methyl/N-ethyl adjacent to an activating group) is 1. The molecular weight excluding hydrogens is 898 g/mol. The van der Waals surface area contributed by atoms with E-state index in [4.69, 9.17) is 47.1 Å². The van der Waals surface area contributed by atoms with Crippen LogP contribution in [0.2, 0.25) is 10.0 Å². The number of hydrogen-bond acceptors (Lipinski definition) is 12. The van der Waals surface area contributed by atoms with Crippen LogP contribution in [0.1, 0.15) is 47.5 Å². The number of nitrogens with zero attached hydrogens (tertiary/aromatic N) is 6. The van der Waals surface area contributed by atoms with Crippen LogP contribution in [0.3, 0.4) is 0 Å². The molecule has 3 aromatic carbocycles. The van der Waals surface area contributed by atoms with Crippen LogP contribution in [-0.4, -0.2) is 106 Å². The van der Waals surface area contributed by atoms with Gasteiger partial charge in [0.05, 0.1) is 21.1 Å². The van der Waals surface area contributed by atoms with Crippen LogP contribution in [-0.2, 0) is 17.8 Å². The Bertz CT molecular complexity index is 2760. The summed E-state index contributed by atoms with van der Waals surface area (Å²) >= 11 is 15.9. The molecule has 3 atom stereocenters. The fourth-order valence-corrected chi connectivity index (χ4v) is 10.2. The van der Waals surface area contributed by atoms with Gasteiger partial charge in [-0.05, 0) is 104 Å². The first-order valence-electron chi connectivity index (χ1n) is 21.4. The number of piperazine rings is 1. The minimum Gasteiger partial charge on any atom is -0.490 e. The number of benzene rings is 3. The van der Waals surface area contributed by atoms with Gasteiger partial charge in [-0.25, -0.2) is 33.5 Å². The minimum absolute atomic E-state index is 0.0180. The van der Waals surface area contributed by atoms with Crippen molar-refractivity contribution in [3.05, 3.63) is 111 Å². The van der Waals surface area contributed by atoms with E-state index in [1.54, 1.807) is 42.6 Å². The summed E-state index contributed by atoms with van der Waals surface area (Å²) in [6, 6.07) is 13.1. The topological polar surface area (TPSA) is 132 Å². The van der Waals surface area contributed by atoms with Crippen molar-refractivity contribution in [3.63, 3.8) is 0 Å². The lowest BCUT2D eigenvalue weighted by atomic mass is 9.92. The zero-order valence-electron chi connectivity index (χ0n) is 36.0. The van der Waals surface area contributed by atoms with E-state index in [1.807, 2.05) is 19.9 Å². The molecule has 3 aliphatic heterocycles. The Morgan fingerprint density at radius 2 is 1.75 bits per heavy atom. The van der Waals surface area contributed by atoms with Crippen molar-refractivity contribution < 1.29 is 37.6 Å². The summed E-state index contributed by atoms with van der Waals surface area (Å²) in [5.74, 6) is 0.0315. The molecule has 1 aliphatic carbocycles. The van der Waals surface area contributed by atoms with Gasteiger partial charge in [-0.1, -0.05) is 41.4 Å². The lowest BCUT2D eigenvalue weighted by Gasteiger charge is -2.35. The number of carboxylic acid groups (broad SMARTS) is 1. The number of ether oxygens (including phenoxy) is 4. The first kappa shape index (κ1) is 44.7. The number of allylic oxidation sites excluding steroid dienone is 2. The first-order chi connectivity index (χ1) is 31.4. The summed E-state index contributed by atoms with van der Waals surface area (Å²) < 4.78 is 54.4. The second-order valence-corrected chi connectivity index (χ2v) is 18.3. The van der Waals surface area contributed by atoms with Crippen LogP contribution >= 0.6 is 34.5 Å². The summed E-state index contributed by atoms with van der Waals surface area (Å²) in [6.07, 6.45) is 3.05. The molecule has 4 aliphatic rings. The highest BCUT2D eigenvalue weighted by molar-refractivity contribution is 7.22. The highest BCUT2D eigenvalue weighted by Gasteiger charge is 2.32. The average molecular weight is 944 g/mol. The molecule has 17 heteroatoms. The fraction of sp³-hybridized carbons (Fsp3) is 0.354. The molecule has 1 N–H and O–H groups in total. The maximum atomic E-state index is 14.3. The monoisotopic (exact) mass is 942 g/mol. The largest absolute Gasteiger partial charge is 0.490 e. The second-order valence-electron chi connectivity index (χ2n) is 16.6. The quantitative estimate of drug-likeness (QED) is 0.156. The molecule has 0 spiro atoms. The summed E-state index contributed by atoms with van der Waals surface area (Å²) in [5, 5.41) is 11.9. The molecule has 10 rings (SSSR count). The van der Waals surface area contributed by atoms with Crippen molar-refractivity contribution in [2.45, 2.75) is 64.5 Å². The third kappa shape index (κ3) is 9.61. The number of halogens is 4. The van der Waals surface area contributed by atoms with Crippen LogP contribution in [0.5, 0.6) is 23.1 Å². The van der Waals surface area contributed by atoms with Crippen molar-refractivity contribution in [2.75, 3.05) is 46.4 Å². The summed E-state index contributed by atoms with van der Waals surface area (Å²) in [6.45, 7) is 7.84. The van der Waals surface area contributed by atoms with Crippen molar-refractivity contribution in [3.8, 4) is 44.7 Å². The number of thiophene rings is 1. The van der Waals surface area contributed by atoms with Crippen LogP contribution < -0.4 is 18.9 Å². The summed E-state index contributed by atoms with van der Waals surface area (Å²) in [5.41, 5.74) is 5.20. The highest BCUT2D eigenvalue weighted by atomic mass is 35.5. The Morgan fingerprint density at radius 3 is 2.48 bits per heavy atom. The molecule has 338 valence electrons. The molecular formula is C48H46Cl2F2N6O6S. The number of aliphatic carboxylic acids is 1. The van der Waals surface area contributed by atoms with E-state index in [9.17, 15) is 18.7 Å². The van der Waals surface area contributed by atoms with E-state index >= 15 is 0 Å². The molecule has 6 heterocycles. The maximum Gasteiger partial charge on any atom is 0.345 e. The van der Waals surface area contributed by atoms with Crippen molar-refractivity contribution in [1.29, 1.82) is 0 Å². The molecule has 1 saturated heterocycles. The molecule has 1 fully saturated rings. The van der Waals surface area contributed by atoms with Crippen LogP contribution in [0.25, 0.3) is 37.4 Å². The number of hydrogen-bond donors (Lipinski definition) is 1. The molecule has 3 aromatic heterocycles. The zero-order valence-corrected chi connectivity index (χ0v) is 38.3. The second kappa shape index (κ2) is 19.2. The molecule has 3 unspecified atom stereocenters. The van der Waals surface area contributed by atoms with Crippen molar-refractivity contribution >= 4 is 56.3 Å². The minimum atomic E-state index is -1.48. The van der Waals surface area contributed by atoms with Gasteiger partial charge in [-0.3, -0.25) is 4.90 Å². The molecule has 0 amide bonds. The third-order valence-corrected chi connectivity index (χ3v) is 14.1. The fourth-order valence-electron chi connectivity index (χ4n) is 8.50. The third-order valence-electron chi connectivity index (χ3n) is 12.1. The van der Waals surface area contributed by atoms with Gasteiger partial charge in [0.1, 0.15) is 54.0 Å². The van der Waals surface area contributed by atoms with Gasteiger partial charge in [0, 0.05) is 61.3 Å². The van der Waals surface area contributed by atoms with E-state index in [2.05, 4.69) is 31.8 Å². The number of fused-ring (bicyclic) bond motifs is 7. The number of carboxylic acids is 1. The first-order valence-corrected chi connectivity index (χ1v) is 23.0. The van der Waals surface area contributed by atoms with Gasteiger partial charge in [0.15, 0.2) is 11.6 Å². The van der Waals surface area contributed by atoms with E-state index in [1.165, 1.54) is 29.8 Å².